The van der Waals surface area contributed by atoms with E-state index < -0.39 is 37.4 Å². The van der Waals surface area contributed by atoms with Gasteiger partial charge in [0.05, 0.1) is 6.42 Å². The van der Waals surface area contributed by atoms with Crippen LogP contribution in [0.2, 0.25) is 0 Å². The van der Waals surface area contributed by atoms with Gasteiger partial charge in [0.15, 0.2) is 0 Å². The fourth-order valence-electron chi connectivity index (χ4n) is 1.25. The van der Waals surface area contributed by atoms with E-state index in [2.05, 4.69) is 0 Å². The third-order valence-electron chi connectivity index (χ3n) is 2.37. The lowest BCUT2D eigenvalue weighted by Crippen LogP contribution is -2.42. The predicted octanol–water partition coefficient (Wildman–Crippen LogP) is 2.04. The van der Waals surface area contributed by atoms with Crippen LogP contribution in [0.1, 0.15) is 33.1 Å². The molecule has 0 aromatic rings. The molecular formula is C10H16F3NO3. The number of carbonyl (C=O) groups is 2. The summed E-state index contributed by atoms with van der Waals surface area (Å²) in [5.74, 6) is -2.01. The maximum absolute atomic E-state index is 11.9. The molecular weight excluding hydrogens is 239 g/mol. The van der Waals surface area contributed by atoms with E-state index in [0.717, 1.165) is 4.90 Å². The van der Waals surface area contributed by atoms with Crippen LogP contribution in [-0.4, -0.2) is 40.6 Å². The molecule has 0 saturated carbocycles. The Morgan fingerprint density at radius 3 is 2.24 bits per heavy atom. The zero-order chi connectivity index (χ0) is 13.6. The Hall–Kier alpha value is -1.27. The Bertz CT molecular complexity index is 278. The van der Waals surface area contributed by atoms with Gasteiger partial charge in [-0.05, 0) is 13.3 Å². The Labute approximate surface area is 97.4 Å². The average Bonchev–Trinajstić information content (AvgIpc) is 2.20. The fraction of sp³-hybridized carbons (Fsp3) is 0.800. The van der Waals surface area contributed by atoms with E-state index in [4.69, 9.17) is 5.11 Å². The number of hydrogen-bond acceptors (Lipinski definition) is 2. The predicted molar refractivity (Wildman–Crippen MR) is 54.4 cm³/mol. The summed E-state index contributed by atoms with van der Waals surface area (Å²) in [7, 11) is 0. The zero-order valence-corrected chi connectivity index (χ0v) is 9.75. The first kappa shape index (κ1) is 15.7. The van der Waals surface area contributed by atoms with Crippen molar-refractivity contribution in [1.29, 1.82) is 0 Å². The first-order valence-electron chi connectivity index (χ1n) is 5.25. The highest BCUT2D eigenvalue weighted by Crippen LogP contribution is 2.22. The topological polar surface area (TPSA) is 57.6 Å². The fourth-order valence-corrected chi connectivity index (χ4v) is 1.25. The van der Waals surface area contributed by atoms with Crippen molar-refractivity contribution >= 4 is 11.9 Å². The molecule has 1 atom stereocenters. The summed E-state index contributed by atoms with van der Waals surface area (Å²) in [6.45, 7) is 2.77. The molecule has 0 saturated heterocycles. The van der Waals surface area contributed by atoms with Crippen LogP contribution in [0.4, 0.5) is 13.2 Å². The molecule has 0 aromatic heterocycles. The molecule has 0 fully saturated rings. The van der Waals surface area contributed by atoms with Gasteiger partial charge in [-0.2, -0.15) is 13.2 Å². The molecule has 1 amide bonds. The molecule has 7 heteroatoms. The molecule has 4 nitrogen and oxygen atoms in total. The van der Waals surface area contributed by atoms with Crippen LogP contribution in [0.5, 0.6) is 0 Å². The third-order valence-corrected chi connectivity index (χ3v) is 2.37. The van der Waals surface area contributed by atoms with Gasteiger partial charge in [-0.3, -0.25) is 9.59 Å². The van der Waals surface area contributed by atoms with E-state index in [0.29, 0.717) is 6.42 Å². The van der Waals surface area contributed by atoms with Crippen LogP contribution in [-0.2, 0) is 9.59 Å². The van der Waals surface area contributed by atoms with E-state index in [9.17, 15) is 22.8 Å². The first-order valence-corrected chi connectivity index (χ1v) is 5.25. The van der Waals surface area contributed by atoms with Crippen LogP contribution in [0, 0.1) is 0 Å². The van der Waals surface area contributed by atoms with Crippen molar-refractivity contribution in [3.8, 4) is 0 Å². The van der Waals surface area contributed by atoms with E-state index in [1.807, 2.05) is 0 Å². The maximum Gasteiger partial charge on any atom is 0.389 e. The number of nitrogens with zero attached hydrogens (tertiary/aromatic N) is 1. The number of carbonyl (C=O) groups excluding carboxylic acids is 1. The molecule has 0 aromatic carbocycles. The number of amides is 1. The van der Waals surface area contributed by atoms with Gasteiger partial charge in [0.25, 0.3) is 0 Å². The Morgan fingerprint density at radius 2 is 1.88 bits per heavy atom. The summed E-state index contributed by atoms with van der Waals surface area (Å²) in [5, 5.41) is 8.59. The van der Waals surface area contributed by atoms with Gasteiger partial charge >= 0.3 is 12.1 Å². The quantitative estimate of drug-likeness (QED) is 0.790. The van der Waals surface area contributed by atoms with E-state index in [-0.39, 0.29) is 6.04 Å². The number of halogens is 3. The van der Waals surface area contributed by atoms with Crippen molar-refractivity contribution in [2.75, 3.05) is 6.54 Å². The van der Waals surface area contributed by atoms with Crippen molar-refractivity contribution in [2.45, 2.75) is 45.3 Å². The van der Waals surface area contributed by atoms with Crippen molar-refractivity contribution in [1.82, 2.24) is 4.90 Å². The summed E-state index contributed by atoms with van der Waals surface area (Å²) in [6, 6.07) is -0.383. The summed E-state index contributed by atoms with van der Waals surface area (Å²) in [4.78, 5) is 23.0. The van der Waals surface area contributed by atoms with Gasteiger partial charge in [0.1, 0.15) is 6.54 Å². The third kappa shape index (κ3) is 6.80. The second-order valence-electron chi connectivity index (χ2n) is 3.79. The molecule has 0 heterocycles. The molecule has 0 radical (unpaired) electrons. The SMILES string of the molecule is CCC(C)N(CC(=O)O)C(=O)CCC(F)(F)F. The smallest absolute Gasteiger partial charge is 0.389 e. The lowest BCUT2D eigenvalue weighted by Gasteiger charge is -2.27. The highest BCUT2D eigenvalue weighted by molar-refractivity contribution is 5.81. The molecule has 0 bridgehead atoms. The molecule has 1 unspecified atom stereocenters. The van der Waals surface area contributed by atoms with Gasteiger partial charge in [0.2, 0.25) is 5.91 Å². The second kappa shape index (κ2) is 6.46. The molecule has 0 spiro atoms. The number of aliphatic carboxylic acids is 1. The number of carboxylic acids is 1. The van der Waals surface area contributed by atoms with E-state index >= 15 is 0 Å². The monoisotopic (exact) mass is 255 g/mol. The van der Waals surface area contributed by atoms with Crippen LogP contribution < -0.4 is 0 Å². The maximum atomic E-state index is 11.9. The minimum atomic E-state index is -4.40. The molecule has 17 heavy (non-hydrogen) atoms. The summed E-state index contributed by atoms with van der Waals surface area (Å²) < 4.78 is 35.8. The number of carboxylic acid groups (broad SMARTS) is 1. The lowest BCUT2D eigenvalue weighted by molar-refractivity contribution is -0.153. The van der Waals surface area contributed by atoms with Crippen molar-refractivity contribution < 1.29 is 27.9 Å². The molecule has 0 aliphatic carbocycles. The normalized spacial score (nSPS) is 13.2. The number of alkyl halides is 3. The van der Waals surface area contributed by atoms with E-state index in [1.165, 1.54) is 0 Å². The molecule has 1 N–H and O–H groups in total. The van der Waals surface area contributed by atoms with Gasteiger partial charge in [0, 0.05) is 12.5 Å². The van der Waals surface area contributed by atoms with Crippen LogP contribution in [0.25, 0.3) is 0 Å². The summed E-state index contributed by atoms with van der Waals surface area (Å²) >= 11 is 0. The first-order chi connectivity index (χ1) is 7.67. The van der Waals surface area contributed by atoms with Crippen molar-refractivity contribution in [2.24, 2.45) is 0 Å². The summed E-state index contributed by atoms with van der Waals surface area (Å²) in [6.07, 6.45) is -5.84. The van der Waals surface area contributed by atoms with Crippen molar-refractivity contribution in [3.05, 3.63) is 0 Å². The minimum Gasteiger partial charge on any atom is -0.480 e. The zero-order valence-electron chi connectivity index (χ0n) is 9.75. The largest absolute Gasteiger partial charge is 0.480 e. The van der Waals surface area contributed by atoms with Gasteiger partial charge in [-0.25, -0.2) is 0 Å². The standard InChI is InChI=1S/C10H16F3NO3/c1-3-7(2)14(6-9(16)17)8(15)4-5-10(11,12)13/h7H,3-6H2,1-2H3,(H,16,17). The van der Waals surface area contributed by atoms with Gasteiger partial charge < -0.3 is 10.0 Å². The molecule has 0 rings (SSSR count). The van der Waals surface area contributed by atoms with Crippen LogP contribution in [0.3, 0.4) is 0 Å². The van der Waals surface area contributed by atoms with Crippen LogP contribution in [0.15, 0.2) is 0 Å². The van der Waals surface area contributed by atoms with Crippen LogP contribution >= 0.6 is 0 Å². The Morgan fingerprint density at radius 1 is 1.35 bits per heavy atom. The minimum absolute atomic E-state index is 0.383. The molecule has 0 aliphatic heterocycles. The molecule has 0 aliphatic rings. The second-order valence-corrected chi connectivity index (χ2v) is 3.79. The van der Waals surface area contributed by atoms with Gasteiger partial charge in [-0.1, -0.05) is 6.92 Å². The van der Waals surface area contributed by atoms with Gasteiger partial charge in [-0.15, -0.1) is 0 Å². The molecule has 100 valence electrons. The Kier molecular flexibility index (Phi) is 5.98. The number of rotatable bonds is 6. The summed E-state index contributed by atoms with van der Waals surface area (Å²) in [5.41, 5.74) is 0. The Balaban J connectivity index is 4.48. The lowest BCUT2D eigenvalue weighted by atomic mass is 10.2. The highest BCUT2D eigenvalue weighted by atomic mass is 19.4. The van der Waals surface area contributed by atoms with Crippen molar-refractivity contribution in [3.63, 3.8) is 0 Å². The average molecular weight is 255 g/mol. The highest BCUT2D eigenvalue weighted by Gasteiger charge is 2.30. The number of hydrogen-bond donors (Lipinski definition) is 1. The van der Waals surface area contributed by atoms with E-state index in [1.54, 1.807) is 13.8 Å².